The summed E-state index contributed by atoms with van der Waals surface area (Å²) in [5, 5.41) is 1.78. The van der Waals surface area contributed by atoms with Crippen molar-refractivity contribution in [2.75, 3.05) is 26.5 Å². The molecule has 8 heteroatoms. The van der Waals surface area contributed by atoms with Crippen LogP contribution in [-0.4, -0.2) is 44.4 Å². The lowest BCUT2D eigenvalue weighted by Crippen LogP contribution is -2.41. The Morgan fingerprint density at radius 2 is 2.00 bits per heavy atom. The van der Waals surface area contributed by atoms with Gasteiger partial charge in [-0.25, -0.2) is 8.78 Å². The molecular weight excluding hydrogens is 292 g/mol. The predicted octanol–water partition coefficient (Wildman–Crippen LogP) is 2.60. The highest BCUT2D eigenvalue weighted by Gasteiger charge is 2.49. The summed E-state index contributed by atoms with van der Waals surface area (Å²) >= 11 is 0. The van der Waals surface area contributed by atoms with Gasteiger partial charge in [-0.1, -0.05) is 6.07 Å². The van der Waals surface area contributed by atoms with Crippen molar-refractivity contribution in [1.29, 1.82) is 0 Å². The van der Waals surface area contributed by atoms with Crippen LogP contribution >= 0.6 is 0 Å². The molecule has 0 aromatic heterocycles. The summed E-state index contributed by atoms with van der Waals surface area (Å²) in [4.78, 5) is 13.1. The van der Waals surface area contributed by atoms with Crippen molar-refractivity contribution in [3.05, 3.63) is 23.8 Å². The number of carbonyl (C=O) groups excluding carboxylic acids is 1. The number of nitrogens with zero attached hydrogens (tertiary/aromatic N) is 1. The molecule has 1 rings (SSSR count). The Kier molecular flexibility index (Phi) is 5.54. The van der Waals surface area contributed by atoms with E-state index in [1.54, 1.807) is 25.5 Å². The van der Waals surface area contributed by atoms with Gasteiger partial charge in [-0.2, -0.15) is 8.78 Å². The fraction of sp³-hybridized carbons (Fsp3) is 0.462. The average molecular weight is 308 g/mol. The third-order valence-corrected chi connectivity index (χ3v) is 2.59. The topological polar surface area (TPSA) is 41.6 Å². The van der Waals surface area contributed by atoms with Crippen LogP contribution in [0.4, 0.5) is 23.2 Å². The van der Waals surface area contributed by atoms with E-state index < -0.39 is 18.3 Å². The molecule has 4 nitrogen and oxygen atoms in total. The Hall–Kier alpha value is -1.83. The van der Waals surface area contributed by atoms with Crippen LogP contribution in [0.3, 0.4) is 0 Å². The molecule has 0 saturated heterocycles. The van der Waals surface area contributed by atoms with Crippen molar-refractivity contribution in [3.63, 3.8) is 0 Å². The van der Waals surface area contributed by atoms with E-state index in [0.717, 1.165) is 0 Å². The van der Waals surface area contributed by atoms with Crippen LogP contribution in [0.2, 0.25) is 0 Å². The molecule has 1 aromatic carbocycles. The first kappa shape index (κ1) is 17.2. The number of halogens is 4. The van der Waals surface area contributed by atoms with Crippen molar-refractivity contribution in [2.24, 2.45) is 0 Å². The summed E-state index contributed by atoms with van der Waals surface area (Å²) in [7, 11) is 4.88. The molecule has 0 aliphatic rings. The fourth-order valence-electron chi connectivity index (χ4n) is 1.62. The highest BCUT2D eigenvalue weighted by molar-refractivity contribution is 5.97. The highest BCUT2D eigenvalue weighted by atomic mass is 19.3. The number of benzene rings is 1. The summed E-state index contributed by atoms with van der Waals surface area (Å²) in [6.07, 6.45) is -4.08. The molecule has 0 fully saturated rings. The van der Waals surface area contributed by atoms with Gasteiger partial charge in [-0.3, -0.25) is 4.79 Å². The van der Waals surface area contributed by atoms with Crippen LogP contribution in [0, 0.1) is 0 Å². The maximum atomic E-state index is 13.0. The third-order valence-electron chi connectivity index (χ3n) is 2.59. The average Bonchev–Trinajstić information content (AvgIpc) is 2.38. The van der Waals surface area contributed by atoms with E-state index in [-0.39, 0.29) is 11.4 Å². The second-order valence-corrected chi connectivity index (χ2v) is 4.65. The van der Waals surface area contributed by atoms with Crippen molar-refractivity contribution in [3.8, 4) is 5.75 Å². The number of nitrogens with one attached hydrogen (secondary N) is 1. The Balaban J connectivity index is 3.02. The number of hydrogen-bond donors (Lipinski definition) is 1. The summed E-state index contributed by atoms with van der Waals surface area (Å²) in [5.41, 5.74) is 0.624. The number of ether oxygens (including phenoxy) is 1. The molecule has 1 aromatic rings. The number of anilines is 1. The number of amides is 1. The molecule has 0 heterocycles. The van der Waals surface area contributed by atoms with Gasteiger partial charge < -0.3 is 15.0 Å². The zero-order valence-electron chi connectivity index (χ0n) is 11.8. The molecule has 0 atom stereocenters. The number of carbonyl (C=O) groups is 1. The maximum Gasteiger partial charge on any atom is 0.383 e. The first-order valence-corrected chi connectivity index (χ1v) is 5.97. The van der Waals surface area contributed by atoms with Crippen molar-refractivity contribution in [1.82, 2.24) is 4.90 Å². The van der Waals surface area contributed by atoms with E-state index >= 15 is 0 Å². The Morgan fingerprint density at radius 1 is 1.38 bits per heavy atom. The molecular formula is C13H16F4N2O2. The molecule has 0 radical (unpaired) electrons. The number of methoxy groups -OCH3 is 1. The van der Waals surface area contributed by atoms with Gasteiger partial charge in [0.1, 0.15) is 5.75 Å². The number of rotatable bonds is 6. The Morgan fingerprint density at radius 3 is 2.48 bits per heavy atom. The van der Waals surface area contributed by atoms with E-state index in [1.807, 2.05) is 4.90 Å². The van der Waals surface area contributed by atoms with Crippen molar-refractivity contribution in [2.45, 2.75) is 18.9 Å². The molecule has 0 saturated carbocycles. The molecule has 1 amide bonds. The predicted molar refractivity (Wildman–Crippen MR) is 70.0 cm³/mol. The normalized spacial score (nSPS) is 11.9. The quantitative estimate of drug-likeness (QED) is 0.821. The van der Waals surface area contributed by atoms with Gasteiger partial charge in [-0.15, -0.1) is 0 Å². The second-order valence-electron chi connectivity index (χ2n) is 4.65. The van der Waals surface area contributed by atoms with E-state index in [1.165, 1.54) is 19.2 Å². The minimum absolute atomic E-state index is 0.0813. The highest BCUT2D eigenvalue weighted by Crippen LogP contribution is 2.29. The van der Waals surface area contributed by atoms with Gasteiger partial charge in [0.05, 0.1) is 12.8 Å². The largest absolute Gasteiger partial charge is 0.495 e. The minimum Gasteiger partial charge on any atom is -0.495 e. The number of hydrogen-bond acceptors (Lipinski definition) is 3. The molecule has 0 aliphatic heterocycles. The van der Waals surface area contributed by atoms with Crippen LogP contribution in [0.25, 0.3) is 0 Å². The first-order valence-electron chi connectivity index (χ1n) is 5.97. The minimum atomic E-state index is -4.76. The van der Waals surface area contributed by atoms with Gasteiger partial charge in [0.2, 0.25) is 0 Å². The molecule has 1 N–H and O–H groups in total. The molecule has 118 valence electrons. The molecule has 0 unspecified atom stereocenters. The van der Waals surface area contributed by atoms with Crippen LogP contribution < -0.4 is 10.1 Å². The zero-order valence-corrected chi connectivity index (χ0v) is 11.8. The summed E-state index contributed by atoms with van der Waals surface area (Å²) in [6, 6.07) is 4.55. The first-order chi connectivity index (χ1) is 9.68. The molecule has 0 spiro atoms. The van der Waals surface area contributed by atoms with E-state index in [4.69, 9.17) is 4.74 Å². The van der Waals surface area contributed by atoms with Gasteiger partial charge in [0.15, 0.2) is 0 Å². The summed E-state index contributed by atoms with van der Waals surface area (Å²) in [5.74, 6) is -6.73. The zero-order chi connectivity index (χ0) is 16.2. The van der Waals surface area contributed by atoms with Crippen LogP contribution in [-0.2, 0) is 11.3 Å². The van der Waals surface area contributed by atoms with E-state index in [2.05, 4.69) is 0 Å². The lowest BCUT2D eigenvalue weighted by atomic mass is 10.1. The third kappa shape index (κ3) is 4.32. The molecule has 21 heavy (non-hydrogen) atoms. The standard InChI is InChI=1S/C13H16F4N2O2/c1-19(2)7-8-4-5-10(21-3)9(6-8)18-12(20)13(16,17)11(14)15/h4-6,11H,7H2,1-3H3,(H,18,20). The number of alkyl halides is 4. The molecule has 0 bridgehead atoms. The summed E-state index contributed by atoms with van der Waals surface area (Å²) in [6.45, 7) is 0.484. The van der Waals surface area contributed by atoms with Crippen molar-refractivity contribution >= 4 is 11.6 Å². The lowest BCUT2D eigenvalue weighted by Gasteiger charge is -2.18. The van der Waals surface area contributed by atoms with Crippen LogP contribution in [0.15, 0.2) is 18.2 Å². The smallest absolute Gasteiger partial charge is 0.383 e. The monoisotopic (exact) mass is 308 g/mol. The Labute approximate surface area is 119 Å². The van der Waals surface area contributed by atoms with E-state index in [9.17, 15) is 22.4 Å². The van der Waals surface area contributed by atoms with Gasteiger partial charge in [-0.05, 0) is 31.8 Å². The van der Waals surface area contributed by atoms with E-state index in [0.29, 0.717) is 12.1 Å². The second kappa shape index (κ2) is 6.75. The van der Waals surface area contributed by atoms with Crippen molar-refractivity contribution < 1.29 is 27.1 Å². The van der Waals surface area contributed by atoms with Crippen LogP contribution in [0.5, 0.6) is 5.75 Å². The van der Waals surface area contributed by atoms with Gasteiger partial charge >= 0.3 is 18.3 Å². The van der Waals surface area contributed by atoms with Crippen LogP contribution in [0.1, 0.15) is 5.56 Å². The summed E-state index contributed by atoms with van der Waals surface area (Å²) < 4.78 is 55.1. The lowest BCUT2D eigenvalue weighted by molar-refractivity contribution is -0.163. The SMILES string of the molecule is COc1ccc(CN(C)C)cc1NC(=O)C(F)(F)C(F)F. The maximum absolute atomic E-state index is 13.0. The fourth-order valence-corrected chi connectivity index (χ4v) is 1.62. The van der Waals surface area contributed by atoms with Gasteiger partial charge in [0.25, 0.3) is 0 Å². The molecule has 0 aliphatic carbocycles. The van der Waals surface area contributed by atoms with Gasteiger partial charge in [0, 0.05) is 6.54 Å². The Bertz CT molecular complexity index is 507.